The molecule has 0 spiro atoms. The monoisotopic (exact) mass is 261 g/mol. The summed E-state index contributed by atoms with van der Waals surface area (Å²) in [5, 5.41) is 7.48. The Balaban J connectivity index is 2.37. The largest absolute Gasteiger partial charge is 0.310 e. The Bertz CT molecular complexity index is 398. The van der Waals surface area contributed by atoms with Gasteiger partial charge in [0.1, 0.15) is 9.84 Å². The molecule has 5 heteroatoms. The fourth-order valence-electron chi connectivity index (χ4n) is 1.81. The third-order valence-electron chi connectivity index (χ3n) is 2.24. The van der Waals surface area contributed by atoms with E-state index in [0.717, 1.165) is 6.42 Å². The van der Waals surface area contributed by atoms with Crippen molar-refractivity contribution >= 4 is 21.2 Å². The molecule has 2 atom stereocenters. The lowest BCUT2D eigenvalue weighted by Crippen LogP contribution is -2.39. The van der Waals surface area contributed by atoms with Gasteiger partial charge >= 0.3 is 0 Å². The average Bonchev–Trinajstić information content (AvgIpc) is 2.51. The summed E-state index contributed by atoms with van der Waals surface area (Å²) in [5.41, 5.74) is 1.30. The van der Waals surface area contributed by atoms with Crippen molar-refractivity contribution in [3.05, 3.63) is 22.4 Å². The molecule has 0 bridgehead atoms. The van der Waals surface area contributed by atoms with Crippen molar-refractivity contribution in [2.75, 3.05) is 12.0 Å². The molecule has 0 aromatic carbocycles. The highest BCUT2D eigenvalue weighted by atomic mass is 32.2. The molecule has 0 aliphatic heterocycles. The first-order chi connectivity index (χ1) is 7.37. The fraction of sp³-hybridized carbons (Fsp3) is 0.636. The van der Waals surface area contributed by atoms with Gasteiger partial charge in [0.2, 0.25) is 0 Å². The van der Waals surface area contributed by atoms with Crippen LogP contribution in [0.4, 0.5) is 0 Å². The number of thiophene rings is 1. The highest BCUT2D eigenvalue weighted by Crippen LogP contribution is 2.08. The van der Waals surface area contributed by atoms with Crippen LogP contribution in [0.15, 0.2) is 16.8 Å². The lowest BCUT2D eigenvalue weighted by Gasteiger charge is -2.18. The molecule has 3 nitrogen and oxygen atoms in total. The first-order valence-corrected chi connectivity index (χ1v) is 8.32. The van der Waals surface area contributed by atoms with E-state index in [-0.39, 0.29) is 11.8 Å². The second-order valence-corrected chi connectivity index (χ2v) is 7.36. The van der Waals surface area contributed by atoms with Crippen LogP contribution in [0.2, 0.25) is 0 Å². The Morgan fingerprint density at radius 1 is 1.38 bits per heavy atom. The zero-order chi connectivity index (χ0) is 12.2. The molecular weight excluding hydrogens is 242 g/mol. The van der Waals surface area contributed by atoms with Gasteiger partial charge in [-0.2, -0.15) is 11.3 Å². The van der Waals surface area contributed by atoms with Crippen LogP contribution in [-0.2, 0) is 16.3 Å². The number of nitrogens with one attached hydrogen (secondary N) is 1. The molecule has 0 radical (unpaired) electrons. The first-order valence-electron chi connectivity index (χ1n) is 5.31. The van der Waals surface area contributed by atoms with Crippen LogP contribution >= 0.6 is 11.3 Å². The molecule has 0 fully saturated rings. The van der Waals surface area contributed by atoms with Gasteiger partial charge < -0.3 is 5.32 Å². The molecule has 1 aromatic heterocycles. The highest BCUT2D eigenvalue weighted by molar-refractivity contribution is 7.90. The molecule has 0 aliphatic carbocycles. The molecule has 92 valence electrons. The minimum absolute atomic E-state index is 0.00337. The number of hydrogen-bond acceptors (Lipinski definition) is 4. The van der Waals surface area contributed by atoms with E-state index in [1.165, 1.54) is 11.8 Å². The van der Waals surface area contributed by atoms with E-state index in [4.69, 9.17) is 0 Å². The fourth-order valence-corrected chi connectivity index (χ4v) is 3.50. The van der Waals surface area contributed by atoms with E-state index in [1.807, 2.05) is 6.92 Å². The Morgan fingerprint density at radius 2 is 2.06 bits per heavy atom. The second-order valence-electron chi connectivity index (χ2n) is 4.40. The molecule has 2 unspecified atom stereocenters. The van der Waals surface area contributed by atoms with Crippen molar-refractivity contribution in [1.29, 1.82) is 0 Å². The van der Waals surface area contributed by atoms with Gasteiger partial charge in [-0.15, -0.1) is 0 Å². The average molecular weight is 261 g/mol. The Hall–Kier alpha value is -0.390. The van der Waals surface area contributed by atoms with Gasteiger partial charge in [-0.25, -0.2) is 8.42 Å². The standard InChI is InChI=1S/C11H19NO2S2/c1-9(6-11-4-5-15-7-11)12-10(2)8-16(3,13)14/h4-5,7,9-10,12H,6,8H2,1-3H3. The Morgan fingerprint density at radius 3 is 2.56 bits per heavy atom. The lowest BCUT2D eigenvalue weighted by atomic mass is 10.1. The smallest absolute Gasteiger partial charge is 0.148 e. The Kier molecular flexibility index (Phi) is 4.95. The van der Waals surface area contributed by atoms with E-state index in [2.05, 4.69) is 29.1 Å². The summed E-state index contributed by atoms with van der Waals surface area (Å²) in [6, 6.07) is 2.40. The first kappa shape index (κ1) is 13.7. The van der Waals surface area contributed by atoms with Gasteiger partial charge in [-0.1, -0.05) is 0 Å². The predicted octanol–water partition coefficient (Wildman–Crippen LogP) is 1.70. The van der Waals surface area contributed by atoms with Crippen molar-refractivity contribution < 1.29 is 8.42 Å². The lowest BCUT2D eigenvalue weighted by molar-refractivity contribution is 0.484. The minimum atomic E-state index is -2.89. The molecule has 1 aromatic rings. The van der Waals surface area contributed by atoms with Crippen molar-refractivity contribution in [2.24, 2.45) is 0 Å². The van der Waals surface area contributed by atoms with Gasteiger partial charge in [0.25, 0.3) is 0 Å². The number of sulfone groups is 1. The molecule has 0 aliphatic rings. The Labute approximate surface area is 102 Å². The molecule has 0 amide bonds. The third-order valence-corrected chi connectivity index (χ3v) is 4.08. The van der Waals surface area contributed by atoms with Crippen molar-refractivity contribution in [3.8, 4) is 0 Å². The van der Waals surface area contributed by atoms with Crippen LogP contribution in [0.5, 0.6) is 0 Å². The quantitative estimate of drug-likeness (QED) is 0.848. The van der Waals surface area contributed by atoms with E-state index < -0.39 is 9.84 Å². The minimum Gasteiger partial charge on any atom is -0.310 e. The summed E-state index contributed by atoms with van der Waals surface area (Å²) in [6.07, 6.45) is 2.21. The van der Waals surface area contributed by atoms with Gasteiger partial charge in [-0.05, 0) is 42.7 Å². The third kappa shape index (κ3) is 5.63. The van der Waals surface area contributed by atoms with Crippen molar-refractivity contribution in [3.63, 3.8) is 0 Å². The number of hydrogen-bond donors (Lipinski definition) is 1. The van der Waals surface area contributed by atoms with E-state index in [9.17, 15) is 8.42 Å². The van der Waals surface area contributed by atoms with E-state index >= 15 is 0 Å². The second kappa shape index (κ2) is 5.80. The maximum atomic E-state index is 11.1. The van der Waals surface area contributed by atoms with Gasteiger partial charge in [0.05, 0.1) is 5.75 Å². The normalized spacial score (nSPS) is 15.9. The number of rotatable bonds is 6. The van der Waals surface area contributed by atoms with E-state index in [0.29, 0.717) is 6.04 Å². The molecule has 0 saturated carbocycles. The van der Waals surface area contributed by atoms with Crippen molar-refractivity contribution in [1.82, 2.24) is 5.32 Å². The molecule has 1 N–H and O–H groups in total. The maximum absolute atomic E-state index is 11.1. The molecule has 0 saturated heterocycles. The molecule has 16 heavy (non-hydrogen) atoms. The summed E-state index contributed by atoms with van der Waals surface area (Å²) in [5.74, 6) is 0.195. The zero-order valence-electron chi connectivity index (χ0n) is 9.93. The van der Waals surface area contributed by atoms with Crippen LogP contribution in [0.25, 0.3) is 0 Å². The van der Waals surface area contributed by atoms with Gasteiger partial charge in [0, 0.05) is 18.3 Å². The van der Waals surface area contributed by atoms with Crippen LogP contribution in [-0.4, -0.2) is 32.5 Å². The summed E-state index contributed by atoms with van der Waals surface area (Å²) in [4.78, 5) is 0. The summed E-state index contributed by atoms with van der Waals surface area (Å²) in [7, 11) is -2.89. The topological polar surface area (TPSA) is 46.2 Å². The summed E-state index contributed by atoms with van der Waals surface area (Å²) in [6.45, 7) is 3.99. The van der Waals surface area contributed by atoms with Crippen LogP contribution in [0.3, 0.4) is 0 Å². The summed E-state index contributed by atoms with van der Waals surface area (Å²) < 4.78 is 22.2. The zero-order valence-corrected chi connectivity index (χ0v) is 11.6. The van der Waals surface area contributed by atoms with Crippen LogP contribution in [0, 0.1) is 0 Å². The maximum Gasteiger partial charge on any atom is 0.148 e. The van der Waals surface area contributed by atoms with Crippen LogP contribution < -0.4 is 5.32 Å². The summed E-state index contributed by atoms with van der Waals surface area (Å²) >= 11 is 1.69. The highest BCUT2D eigenvalue weighted by Gasteiger charge is 2.13. The van der Waals surface area contributed by atoms with Gasteiger partial charge in [0.15, 0.2) is 0 Å². The van der Waals surface area contributed by atoms with E-state index in [1.54, 1.807) is 11.3 Å². The molecule has 1 heterocycles. The van der Waals surface area contributed by atoms with Gasteiger partial charge in [-0.3, -0.25) is 0 Å². The molecular formula is C11H19NO2S2. The van der Waals surface area contributed by atoms with Crippen LogP contribution in [0.1, 0.15) is 19.4 Å². The molecule has 1 rings (SSSR count). The SMILES string of the molecule is CC(Cc1ccsc1)NC(C)CS(C)(=O)=O. The van der Waals surface area contributed by atoms with Crippen molar-refractivity contribution in [2.45, 2.75) is 32.4 Å². The predicted molar refractivity (Wildman–Crippen MR) is 69.8 cm³/mol.